The van der Waals surface area contributed by atoms with Gasteiger partial charge in [0.1, 0.15) is 6.04 Å². The van der Waals surface area contributed by atoms with Crippen molar-refractivity contribution in [1.82, 2.24) is 30.1 Å². The summed E-state index contributed by atoms with van der Waals surface area (Å²) in [4.78, 5) is 53.1. The molecule has 1 saturated carbocycles. The molecule has 4 heterocycles. The Kier molecular flexibility index (Phi) is 5.40. The van der Waals surface area contributed by atoms with Crippen LogP contribution in [-0.4, -0.2) is 80.3 Å². The minimum atomic E-state index is -0.662. The number of ether oxygens (including phenoxy) is 1. The summed E-state index contributed by atoms with van der Waals surface area (Å²) < 4.78 is 7.23. The number of nitrogens with one attached hydrogen (secondary N) is 1. The van der Waals surface area contributed by atoms with Crippen LogP contribution in [-0.2, 0) is 20.9 Å². The molecule has 3 aliphatic heterocycles. The number of amides is 4. The van der Waals surface area contributed by atoms with Gasteiger partial charge in [-0.15, -0.1) is 5.10 Å². The van der Waals surface area contributed by atoms with Crippen LogP contribution in [0.4, 0.5) is 0 Å². The first-order valence-corrected chi connectivity index (χ1v) is 12.5. The molecule has 1 unspecified atom stereocenters. The molecule has 1 spiro atoms. The predicted octanol–water partition coefficient (Wildman–Crippen LogP) is 1.06. The third-order valence-electron chi connectivity index (χ3n) is 7.93. The molecule has 1 aromatic heterocycles. The van der Waals surface area contributed by atoms with Crippen LogP contribution in [0.25, 0.3) is 5.69 Å². The van der Waals surface area contributed by atoms with Crippen molar-refractivity contribution < 1.29 is 23.9 Å². The van der Waals surface area contributed by atoms with Gasteiger partial charge in [-0.05, 0) is 61.8 Å². The lowest BCUT2D eigenvalue weighted by Gasteiger charge is -2.44. The van der Waals surface area contributed by atoms with Gasteiger partial charge in [0.2, 0.25) is 11.8 Å². The molecule has 0 radical (unpaired) electrons. The number of hydrogen-bond donors (Lipinski definition) is 1. The van der Waals surface area contributed by atoms with E-state index in [1.165, 1.54) is 9.58 Å². The molecule has 6 rings (SSSR count). The van der Waals surface area contributed by atoms with Crippen LogP contribution in [0.1, 0.15) is 65.4 Å². The fourth-order valence-corrected chi connectivity index (χ4v) is 6.05. The molecule has 1 aliphatic carbocycles. The minimum Gasteiger partial charge on any atom is -0.378 e. The van der Waals surface area contributed by atoms with Gasteiger partial charge in [0.25, 0.3) is 11.8 Å². The monoisotopic (exact) mass is 492 g/mol. The second-order valence-electron chi connectivity index (χ2n) is 10.3. The van der Waals surface area contributed by atoms with Gasteiger partial charge in [-0.25, -0.2) is 4.68 Å². The molecule has 2 aromatic rings. The van der Waals surface area contributed by atoms with Crippen molar-refractivity contribution in [2.24, 2.45) is 5.41 Å². The maximum Gasteiger partial charge on any atom is 0.276 e. The number of nitrogens with zero attached hydrogens (tertiary/aromatic N) is 5. The van der Waals surface area contributed by atoms with E-state index in [2.05, 4.69) is 15.6 Å². The Balaban J connectivity index is 1.14. The zero-order valence-corrected chi connectivity index (χ0v) is 20.1. The lowest BCUT2D eigenvalue weighted by atomic mass is 9.66. The Bertz CT molecular complexity index is 1270. The number of aromatic nitrogens is 3. The van der Waals surface area contributed by atoms with Crippen LogP contribution in [0, 0.1) is 5.41 Å². The topological polar surface area (TPSA) is 127 Å². The highest BCUT2D eigenvalue weighted by Crippen LogP contribution is 2.49. The predicted molar refractivity (Wildman–Crippen MR) is 125 cm³/mol. The Morgan fingerprint density at radius 3 is 2.86 bits per heavy atom. The van der Waals surface area contributed by atoms with E-state index in [0.29, 0.717) is 30.3 Å². The van der Waals surface area contributed by atoms with E-state index in [1.54, 1.807) is 18.3 Å². The number of carbonyl (C=O) groups excluding carboxylic acids is 4. The summed E-state index contributed by atoms with van der Waals surface area (Å²) in [5.41, 5.74) is 2.42. The van der Waals surface area contributed by atoms with E-state index < -0.39 is 11.9 Å². The number of carbonyl (C=O) groups is 4. The van der Waals surface area contributed by atoms with Gasteiger partial charge in [0.15, 0.2) is 5.69 Å². The maximum atomic E-state index is 13.1. The summed E-state index contributed by atoms with van der Waals surface area (Å²) in [6.45, 7) is 4.43. The third kappa shape index (κ3) is 3.78. The van der Waals surface area contributed by atoms with E-state index in [-0.39, 0.29) is 41.8 Å². The largest absolute Gasteiger partial charge is 0.378 e. The summed E-state index contributed by atoms with van der Waals surface area (Å²) >= 11 is 0. The minimum absolute atomic E-state index is 0.127. The summed E-state index contributed by atoms with van der Waals surface area (Å²) in [6.07, 6.45) is 5.44. The van der Waals surface area contributed by atoms with E-state index in [4.69, 9.17) is 4.74 Å². The van der Waals surface area contributed by atoms with Crippen LogP contribution < -0.4 is 5.32 Å². The van der Waals surface area contributed by atoms with Crippen molar-refractivity contribution >= 4 is 23.6 Å². The average Bonchev–Trinajstić information content (AvgIpc) is 3.57. The Hall–Kier alpha value is -3.60. The van der Waals surface area contributed by atoms with Crippen molar-refractivity contribution in [2.45, 2.75) is 57.7 Å². The fourth-order valence-electron chi connectivity index (χ4n) is 6.05. The fraction of sp³-hybridized carbons (Fsp3) is 0.520. The first-order valence-electron chi connectivity index (χ1n) is 12.5. The van der Waals surface area contributed by atoms with Gasteiger partial charge in [-0.1, -0.05) is 5.21 Å². The first kappa shape index (κ1) is 22.8. The van der Waals surface area contributed by atoms with Gasteiger partial charge in [-0.3, -0.25) is 24.5 Å². The van der Waals surface area contributed by atoms with Crippen LogP contribution in [0.3, 0.4) is 0 Å². The van der Waals surface area contributed by atoms with Crippen LogP contribution in [0.15, 0.2) is 24.4 Å². The third-order valence-corrected chi connectivity index (χ3v) is 7.93. The summed E-state index contributed by atoms with van der Waals surface area (Å²) in [5, 5.41) is 10.6. The molecule has 11 heteroatoms. The molecule has 3 fully saturated rings. The lowest BCUT2D eigenvalue weighted by Crippen LogP contribution is -2.52. The number of imide groups is 1. The van der Waals surface area contributed by atoms with Crippen molar-refractivity contribution in [3.8, 4) is 5.69 Å². The molecule has 11 nitrogen and oxygen atoms in total. The van der Waals surface area contributed by atoms with Crippen LogP contribution >= 0.6 is 0 Å². The molecule has 36 heavy (non-hydrogen) atoms. The first-order chi connectivity index (χ1) is 17.4. The molecular formula is C25H28N6O5. The Morgan fingerprint density at radius 2 is 2.08 bits per heavy atom. The van der Waals surface area contributed by atoms with E-state index >= 15 is 0 Å². The molecular weight excluding hydrogens is 464 g/mol. The summed E-state index contributed by atoms with van der Waals surface area (Å²) in [6, 6.07) is 4.62. The van der Waals surface area contributed by atoms with Crippen LogP contribution in [0.2, 0.25) is 0 Å². The summed E-state index contributed by atoms with van der Waals surface area (Å²) in [7, 11) is 0. The molecule has 1 aromatic carbocycles. The smallest absolute Gasteiger partial charge is 0.276 e. The number of likely N-dealkylation sites (tertiary alicyclic amines) is 1. The van der Waals surface area contributed by atoms with Gasteiger partial charge >= 0.3 is 0 Å². The number of rotatable bonds is 5. The lowest BCUT2D eigenvalue weighted by molar-refractivity contribution is -0.136. The number of benzene rings is 1. The van der Waals surface area contributed by atoms with E-state index in [9.17, 15) is 19.2 Å². The highest BCUT2D eigenvalue weighted by Gasteiger charge is 2.50. The maximum absolute atomic E-state index is 13.1. The van der Waals surface area contributed by atoms with Crippen molar-refractivity contribution in [1.29, 1.82) is 0 Å². The summed E-state index contributed by atoms with van der Waals surface area (Å²) in [5.74, 6) is -1.11. The normalized spacial score (nSPS) is 27.4. The quantitative estimate of drug-likeness (QED) is 0.619. The molecule has 2 saturated heterocycles. The Labute approximate surface area is 207 Å². The second kappa shape index (κ2) is 8.51. The van der Waals surface area contributed by atoms with E-state index in [1.807, 2.05) is 17.9 Å². The SMILES string of the molecule is CCOC1CC2(CCN(C(=O)c3cn(-c4ccc5c(c4)CN(C4CCC(=O)NC4=O)C5=O)nn3)C2)C1. The van der Waals surface area contributed by atoms with Crippen molar-refractivity contribution in [3.05, 3.63) is 41.2 Å². The van der Waals surface area contributed by atoms with Crippen molar-refractivity contribution in [3.63, 3.8) is 0 Å². The van der Waals surface area contributed by atoms with Gasteiger partial charge in [-0.2, -0.15) is 0 Å². The molecule has 0 bridgehead atoms. The average molecular weight is 493 g/mol. The molecule has 1 atom stereocenters. The van der Waals surface area contributed by atoms with Gasteiger partial charge in [0.05, 0.1) is 18.0 Å². The zero-order valence-electron chi connectivity index (χ0n) is 20.1. The van der Waals surface area contributed by atoms with Crippen LogP contribution in [0.5, 0.6) is 0 Å². The zero-order chi connectivity index (χ0) is 25.0. The molecule has 4 aliphatic rings. The molecule has 1 N–H and O–H groups in total. The second-order valence-corrected chi connectivity index (χ2v) is 10.3. The highest BCUT2D eigenvalue weighted by molar-refractivity contribution is 6.05. The van der Waals surface area contributed by atoms with Crippen molar-refractivity contribution in [2.75, 3.05) is 19.7 Å². The van der Waals surface area contributed by atoms with E-state index in [0.717, 1.165) is 38.0 Å². The molecule has 4 amide bonds. The number of fused-ring (bicyclic) bond motifs is 1. The standard InChI is InChI=1S/C25H28N6O5/c1-2-36-17-10-25(11-17)7-8-29(14-25)24(35)19-13-31(28-27-19)16-3-4-18-15(9-16)12-30(23(18)34)20-5-6-21(32)26-22(20)33/h3-4,9,13,17,20H,2,5-8,10-12,14H2,1H3,(H,26,32,33). The molecule has 188 valence electrons. The van der Waals surface area contributed by atoms with Gasteiger partial charge in [0, 0.05) is 38.2 Å². The highest BCUT2D eigenvalue weighted by atomic mass is 16.5. The number of piperidine rings is 1. The number of hydrogen-bond acceptors (Lipinski definition) is 7. The Morgan fingerprint density at radius 1 is 1.25 bits per heavy atom. The van der Waals surface area contributed by atoms with Gasteiger partial charge < -0.3 is 14.5 Å².